The normalized spacial score (nSPS) is 10.4. The number of hydrogen-bond acceptors (Lipinski definition) is 3. The Labute approximate surface area is 108 Å². The van der Waals surface area contributed by atoms with E-state index < -0.39 is 0 Å². The van der Waals surface area contributed by atoms with E-state index in [1.54, 1.807) is 6.07 Å². The lowest BCUT2D eigenvalue weighted by atomic mass is 10.1. The molecule has 0 saturated heterocycles. The highest BCUT2D eigenvalue weighted by Gasteiger charge is 2.13. The van der Waals surface area contributed by atoms with Crippen molar-refractivity contribution >= 4 is 11.5 Å². The molecular weight excluding hydrogens is 233 g/mol. The number of ether oxygens (including phenoxy) is 1. The molecule has 0 aliphatic rings. The van der Waals surface area contributed by atoms with Crippen LogP contribution in [-0.4, -0.2) is 32.1 Å². The summed E-state index contributed by atoms with van der Waals surface area (Å²) in [4.78, 5) is 13.6. The second kappa shape index (κ2) is 7.11. The fourth-order valence-corrected chi connectivity index (χ4v) is 1.83. The Morgan fingerprint density at radius 3 is 2.67 bits per heavy atom. The van der Waals surface area contributed by atoms with Crippen molar-refractivity contribution in [3.8, 4) is 0 Å². The summed E-state index contributed by atoms with van der Waals surface area (Å²) in [5.74, 6) is -0.510. The second-order valence-electron chi connectivity index (χ2n) is 3.99. The third kappa shape index (κ3) is 3.81. The van der Waals surface area contributed by atoms with E-state index in [0.717, 1.165) is 12.2 Å². The highest BCUT2D eigenvalue weighted by atomic mass is 19.1. The van der Waals surface area contributed by atoms with Gasteiger partial charge in [0.2, 0.25) is 0 Å². The number of carbonyl (C=O) groups excluding carboxylic acids is 1. The first-order valence-corrected chi connectivity index (χ1v) is 6.23. The largest absolute Gasteiger partial charge is 0.380 e. The minimum atomic E-state index is -0.384. The molecule has 1 rings (SSSR count). The van der Waals surface area contributed by atoms with Gasteiger partial charge in [-0.3, -0.25) is 4.79 Å². The van der Waals surface area contributed by atoms with E-state index in [0.29, 0.717) is 25.3 Å². The molecule has 0 atom stereocenters. The van der Waals surface area contributed by atoms with E-state index in [1.165, 1.54) is 19.1 Å². The highest BCUT2D eigenvalue weighted by Crippen LogP contribution is 2.22. The van der Waals surface area contributed by atoms with Gasteiger partial charge in [0.05, 0.1) is 6.61 Å². The van der Waals surface area contributed by atoms with Crippen LogP contribution in [0.4, 0.5) is 10.1 Å². The van der Waals surface area contributed by atoms with Gasteiger partial charge in [-0.05, 0) is 39.0 Å². The molecule has 0 aliphatic carbocycles. The molecule has 0 fully saturated rings. The van der Waals surface area contributed by atoms with Crippen molar-refractivity contribution in [3.05, 3.63) is 29.6 Å². The summed E-state index contributed by atoms with van der Waals surface area (Å²) < 4.78 is 18.5. The molecule has 0 aromatic heterocycles. The van der Waals surface area contributed by atoms with Gasteiger partial charge in [-0.1, -0.05) is 0 Å². The van der Waals surface area contributed by atoms with E-state index in [9.17, 15) is 9.18 Å². The Morgan fingerprint density at radius 1 is 1.39 bits per heavy atom. The summed E-state index contributed by atoms with van der Waals surface area (Å²) in [6, 6.07) is 4.33. The third-order valence-electron chi connectivity index (χ3n) is 2.77. The number of carbonyl (C=O) groups is 1. The zero-order valence-electron chi connectivity index (χ0n) is 11.2. The SMILES string of the molecule is CCOCCN(CC)c1ccc(F)cc1C(C)=O. The Kier molecular flexibility index (Phi) is 5.78. The first kappa shape index (κ1) is 14.6. The van der Waals surface area contributed by atoms with Crippen LogP contribution in [0.1, 0.15) is 31.1 Å². The van der Waals surface area contributed by atoms with E-state index in [4.69, 9.17) is 4.74 Å². The molecule has 4 heteroatoms. The smallest absolute Gasteiger partial charge is 0.161 e. The fourth-order valence-electron chi connectivity index (χ4n) is 1.83. The third-order valence-corrected chi connectivity index (χ3v) is 2.77. The van der Waals surface area contributed by atoms with Crippen molar-refractivity contribution in [2.45, 2.75) is 20.8 Å². The Bertz CT molecular complexity index is 407. The number of nitrogens with zero attached hydrogens (tertiary/aromatic N) is 1. The Balaban J connectivity index is 2.93. The monoisotopic (exact) mass is 253 g/mol. The Morgan fingerprint density at radius 2 is 2.11 bits per heavy atom. The van der Waals surface area contributed by atoms with Crippen LogP contribution in [0.25, 0.3) is 0 Å². The van der Waals surface area contributed by atoms with E-state index in [-0.39, 0.29) is 11.6 Å². The average molecular weight is 253 g/mol. The van der Waals surface area contributed by atoms with Crippen molar-refractivity contribution in [2.75, 3.05) is 31.2 Å². The predicted molar refractivity (Wildman–Crippen MR) is 70.8 cm³/mol. The van der Waals surface area contributed by atoms with Crippen LogP contribution in [0.3, 0.4) is 0 Å². The van der Waals surface area contributed by atoms with Gasteiger partial charge >= 0.3 is 0 Å². The molecule has 0 bridgehead atoms. The van der Waals surface area contributed by atoms with Crippen LogP contribution in [0, 0.1) is 5.82 Å². The molecule has 0 unspecified atom stereocenters. The number of benzene rings is 1. The van der Waals surface area contributed by atoms with Gasteiger partial charge in [0.1, 0.15) is 5.82 Å². The van der Waals surface area contributed by atoms with Gasteiger partial charge < -0.3 is 9.64 Å². The summed E-state index contributed by atoms with van der Waals surface area (Å²) in [5.41, 5.74) is 1.19. The van der Waals surface area contributed by atoms with Gasteiger partial charge in [-0.15, -0.1) is 0 Å². The molecule has 0 N–H and O–H groups in total. The van der Waals surface area contributed by atoms with E-state index >= 15 is 0 Å². The highest BCUT2D eigenvalue weighted by molar-refractivity contribution is 5.99. The van der Waals surface area contributed by atoms with Gasteiger partial charge in [0, 0.05) is 30.9 Å². The first-order chi connectivity index (χ1) is 8.60. The van der Waals surface area contributed by atoms with Crippen LogP contribution in [-0.2, 0) is 4.74 Å². The minimum absolute atomic E-state index is 0.126. The molecule has 0 radical (unpaired) electrons. The molecule has 1 aromatic rings. The van der Waals surface area contributed by atoms with Crippen molar-refractivity contribution in [3.63, 3.8) is 0 Å². The van der Waals surface area contributed by atoms with Crippen molar-refractivity contribution in [2.24, 2.45) is 0 Å². The molecule has 0 saturated carbocycles. The van der Waals surface area contributed by atoms with Crippen LogP contribution in [0.15, 0.2) is 18.2 Å². The number of Topliss-reactive ketones (excluding diaryl/α,β-unsaturated/α-hetero) is 1. The van der Waals surface area contributed by atoms with E-state index in [2.05, 4.69) is 0 Å². The lowest BCUT2D eigenvalue weighted by Crippen LogP contribution is -2.28. The summed E-state index contributed by atoms with van der Waals surface area (Å²) >= 11 is 0. The van der Waals surface area contributed by atoms with Crippen molar-refractivity contribution < 1.29 is 13.9 Å². The lowest BCUT2D eigenvalue weighted by Gasteiger charge is -2.25. The number of halogens is 1. The number of rotatable bonds is 7. The quantitative estimate of drug-likeness (QED) is 0.553. The molecular formula is C14H20FNO2. The zero-order chi connectivity index (χ0) is 13.5. The maximum atomic E-state index is 13.2. The molecule has 3 nitrogen and oxygen atoms in total. The lowest BCUT2D eigenvalue weighted by molar-refractivity contribution is 0.101. The molecule has 0 aliphatic heterocycles. The summed E-state index contributed by atoms with van der Waals surface area (Å²) in [7, 11) is 0. The topological polar surface area (TPSA) is 29.5 Å². The van der Waals surface area contributed by atoms with Gasteiger partial charge in [-0.25, -0.2) is 4.39 Å². The van der Waals surface area contributed by atoms with Crippen molar-refractivity contribution in [1.82, 2.24) is 0 Å². The number of hydrogen-bond donors (Lipinski definition) is 0. The van der Waals surface area contributed by atoms with Crippen LogP contribution in [0.2, 0.25) is 0 Å². The molecule has 0 spiro atoms. The van der Waals surface area contributed by atoms with Crippen LogP contribution < -0.4 is 4.90 Å². The maximum absolute atomic E-state index is 13.2. The van der Waals surface area contributed by atoms with Gasteiger partial charge in [0.15, 0.2) is 5.78 Å². The summed E-state index contributed by atoms with van der Waals surface area (Å²) in [5, 5.41) is 0. The standard InChI is InChI=1S/C14H20FNO2/c1-4-16(8-9-18-5-2)14-7-6-12(15)10-13(14)11(3)17/h6-7,10H,4-5,8-9H2,1-3H3. The predicted octanol–water partition coefficient (Wildman–Crippen LogP) is 2.89. The number of ketones is 1. The van der Waals surface area contributed by atoms with Crippen molar-refractivity contribution in [1.29, 1.82) is 0 Å². The number of likely N-dealkylation sites (N-methyl/N-ethyl adjacent to an activating group) is 1. The van der Waals surface area contributed by atoms with Gasteiger partial charge in [-0.2, -0.15) is 0 Å². The maximum Gasteiger partial charge on any atom is 0.161 e. The van der Waals surface area contributed by atoms with Crippen LogP contribution >= 0.6 is 0 Å². The van der Waals surface area contributed by atoms with Gasteiger partial charge in [0.25, 0.3) is 0 Å². The second-order valence-corrected chi connectivity index (χ2v) is 3.99. The number of anilines is 1. The molecule has 0 heterocycles. The summed E-state index contributed by atoms with van der Waals surface area (Å²) in [6.07, 6.45) is 0. The molecule has 100 valence electrons. The average Bonchev–Trinajstić information content (AvgIpc) is 2.35. The fraction of sp³-hybridized carbons (Fsp3) is 0.500. The van der Waals surface area contributed by atoms with E-state index in [1.807, 2.05) is 18.7 Å². The Hall–Kier alpha value is -1.42. The summed E-state index contributed by atoms with van der Waals surface area (Å²) in [6.45, 7) is 8.10. The molecule has 18 heavy (non-hydrogen) atoms. The minimum Gasteiger partial charge on any atom is -0.380 e. The molecule has 0 amide bonds. The molecule has 1 aromatic carbocycles. The first-order valence-electron chi connectivity index (χ1n) is 6.23. The zero-order valence-corrected chi connectivity index (χ0v) is 11.2. The van der Waals surface area contributed by atoms with Crippen LogP contribution in [0.5, 0.6) is 0 Å².